The summed E-state index contributed by atoms with van der Waals surface area (Å²) >= 11 is 0. The lowest BCUT2D eigenvalue weighted by molar-refractivity contribution is 0.0938. The highest BCUT2D eigenvalue weighted by atomic mass is 16.4. The van der Waals surface area contributed by atoms with Crippen LogP contribution in [0.25, 0.3) is 0 Å². The molecule has 4 rings (SSSR count). The predicted molar refractivity (Wildman–Crippen MR) is 91.8 cm³/mol. The van der Waals surface area contributed by atoms with Gasteiger partial charge in [0.05, 0.1) is 0 Å². The molecule has 1 aliphatic carbocycles. The normalized spacial score (nSPS) is 23.7. The van der Waals surface area contributed by atoms with Crippen molar-refractivity contribution in [1.82, 2.24) is 15.2 Å². The summed E-state index contributed by atoms with van der Waals surface area (Å²) in [6, 6.07) is 14.9. The van der Waals surface area contributed by atoms with Gasteiger partial charge in [0.15, 0.2) is 0 Å². The van der Waals surface area contributed by atoms with Crippen molar-refractivity contribution in [1.29, 1.82) is 0 Å². The Morgan fingerprint density at radius 3 is 2.44 bits per heavy atom. The first-order valence-corrected chi connectivity index (χ1v) is 8.20. The van der Waals surface area contributed by atoms with Crippen LogP contribution in [-0.2, 0) is 0 Å². The molecule has 128 valence electrons. The summed E-state index contributed by atoms with van der Waals surface area (Å²) in [6.07, 6.45) is -0.890. The maximum Gasteiger partial charge on any atom is 0.407 e. The van der Waals surface area contributed by atoms with Gasteiger partial charge < -0.3 is 20.6 Å². The van der Waals surface area contributed by atoms with Crippen molar-refractivity contribution in [3.63, 3.8) is 0 Å². The summed E-state index contributed by atoms with van der Waals surface area (Å²) in [5, 5.41) is 15.1. The molecule has 1 saturated heterocycles. The summed E-state index contributed by atoms with van der Waals surface area (Å²) < 4.78 is 0. The number of anilines is 2. The number of nitrogens with zero attached hydrogens (tertiary/aromatic N) is 2. The second-order valence-corrected chi connectivity index (χ2v) is 6.41. The zero-order valence-corrected chi connectivity index (χ0v) is 13.4. The van der Waals surface area contributed by atoms with Gasteiger partial charge in [0.2, 0.25) is 0 Å². The Balaban J connectivity index is 1.37. The summed E-state index contributed by atoms with van der Waals surface area (Å²) in [6.45, 7) is 0.988. The van der Waals surface area contributed by atoms with Crippen LogP contribution in [0.3, 0.4) is 0 Å². The number of nitrogens with one attached hydrogen (secondary N) is 2. The number of likely N-dealkylation sites (tertiary alicyclic amines) is 1. The van der Waals surface area contributed by atoms with Crippen LogP contribution in [0, 0.1) is 11.8 Å². The third-order valence-corrected chi connectivity index (χ3v) is 4.79. The SMILES string of the molecule is O=C(N[C@@H]1[C@@H]2CN(C(=O)O)C[C@@H]21)c1cccc(Nc2ccccc2)n1. The fraction of sp³-hybridized carbons (Fsp3) is 0.278. The quantitative estimate of drug-likeness (QED) is 0.794. The minimum Gasteiger partial charge on any atom is -0.465 e. The van der Waals surface area contributed by atoms with E-state index in [1.54, 1.807) is 18.2 Å². The Hall–Kier alpha value is -3.09. The van der Waals surface area contributed by atoms with Crippen molar-refractivity contribution in [3.8, 4) is 0 Å². The summed E-state index contributed by atoms with van der Waals surface area (Å²) in [5.41, 5.74) is 1.25. The number of amides is 2. The highest BCUT2D eigenvalue weighted by Gasteiger charge is 2.57. The van der Waals surface area contributed by atoms with Gasteiger partial charge in [-0.25, -0.2) is 9.78 Å². The van der Waals surface area contributed by atoms with Gasteiger partial charge in [-0.05, 0) is 24.3 Å². The van der Waals surface area contributed by atoms with E-state index in [0.717, 1.165) is 5.69 Å². The van der Waals surface area contributed by atoms with E-state index >= 15 is 0 Å². The van der Waals surface area contributed by atoms with Crippen LogP contribution in [-0.4, -0.2) is 46.1 Å². The molecular formula is C18H18N4O3. The standard InChI is InChI=1S/C18H18N4O3/c23-17(21-16-12-9-22(18(24)25)10-13(12)16)14-7-4-8-15(20-14)19-11-5-2-1-3-6-11/h1-8,12-13,16H,9-10H2,(H,19,20)(H,21,23)(H,24,25)/t12-,13+,16-. The molecule has 2 amide bonds. The third-order valence-electron chi connectivity index (χ3n) is 4.79. The molecular weight excluding hydrogens is 320 g/mol. The zero-order chi connectivity index (χ0) is 17.4. The molecule has 2 aliphatic rings. The molecule has 2 fully saturated rings. The zero-order valence-electron chi connectivity index (χ0n) is 13.4. The van der Waals surface area contributed by atoms with E-state index in [1.807, 2.05) is 30.3 Å². The van der Waals surface area contributed by atoms with Gasteiger partial charge in [0, 0.05) is 36.7 Å². The lowest BCUT2D eigenvalue weighted by Gasteiger charge is -2.16. The van der Waals surface area contributed by atoms with E-state index < -0.39 is 6.09 Å². The van der Waals surface area contributed by atoms with Gasteiger partial charge in [0.25, 0.3) is 5.91 Å². The Kier molecular flexibility index (Phi) is 3.76. The van der Waals surface area contributed by atoms with Crippen LogP contribution in [0.15, 0.2) is 48.5 Å². The molecule has 25 heavy (non-hydrogen) atoms. The second-order valence-electron chi connectivity index (χ2n) is 6.41. The van der Waals surface area contributed by atoms with Crippen LogP contribution in [0.1, 0.15) is 10.5 Å². The molecule has 0 radical (unpaired) electrons. The van der Waals surface area contributed by atoms with E-state index in [-0.39, 0.29) is 23.8 Å². The number of pyridine rings is 1. The number of carboxylic acid groups (broad SMARTS) is 1. The average molecular weight is 338 g/mol. The fourth-order valence-electron chi connectivity index (χ4n) is 3.42. The van der Waals surface area contributed by atoms with Gasteiger partial charge in [0.1, 0.15) is 11.5 Å². The number of rotatable bonds is 4. The Labute approximate surface area is 144 Å². The molecule has 0 bridgehead atoms. The molecule has 1 saturated carbocycles. The molecule has 3 N–H and O–H groups in total. The molecule has 0 unspecified atom stereocenters. The Morgan fingerprint density at radius 2 is 1.76 bits per heavy atom. The highest BCUT2D eigenvalue weighted by molar-refractivity contribution is 5.93. The molecule has 3 atom stereocenters. The minimum absolute atomic E-state index is 0.0515. The van der Waals surface area contributed by atoms with E-state index in [0.29, 0.717) is 24.6 Å². The van der Waals surface area contributed by atoms with Crippen molar-refractivity contribution in [2.75, 3.05) is 18.4 Å². The van der Waals surface area contributed by atoms with Gasteiger partial charge in [-0.2, -0.15) is 0 Å². The number of fused-ring (bicyclic) bond motifs is 1. The number of carbonyl (C=O) groups is 2. The Morgan fingerprint density at radius 1 is 1.04 bits per heavy atom. The predicted octanol–water partition coefficient (Wildman–Crippen LogP) is 2.16. The van der Waals surface area contributed by atoms with Gasteiger partial charge in [-0.15, -0.1) is 0 Å². The maximum absolute atomic E-state index is 12.4. The number of piperidine rings is 1. The molecule has 1 aromatic carbocycles. The van der Waals surface area contributed by atoms with Gasteiger partial charge in [-0.1, -0.05) is 24.3 Å². The number of para-hydroxylation sites is 1. The van der Waals surface area contributed by atoms with Crippen molar-refractivity contribution in [2.24, 2.45) is 11.8 Å². The van der Waals surface area contributed by atoms with Gasteiger partial charge >= 0.3 is 6.09 Å². The molecule has 7 nitrogen and oxygen atoms in total. The largest absolute Gasteiger partial charge is 0.465 e. The molecule has 2 aromatic rings. The number of carbonyl (C=O) groups excluding carboxylic acids is 1. The molecule has 2 heterocycles. The number of hydrogen-bond donors (Lipinski definition) is 3. The lowest BCUT2D eigenvalue weighted by atomic mass is 10.3. The monoisotopic (exact) mass is 338 g/mol. The minimum atomic E-state index is -0.890. The number of benzene rings is 1. The molecule has 0 spiro atoms. The van der Waals surface area contributed by atoms with E-state index in [4.69, 9.17) is 5.11 Å². The van der Waals surface area contributed by atoms with E-state index in [1.165, 1.54) is 4.90 Å². The summed E-state index contributed by atoms with van der Waals surface area (Å²) in [4.78, 5) is 29.1. The molecule has 7 heteroatoms. The third kappa shape index (κ3) is 3.13. The molecule has 1 aliphatic heterocycles. The van der Waals surface area contributed by atoms with Crippen LogP contribution in [0.5, 0.6) is 0 Å². The van der Waals surface area contributed by atoms with Crippen LogP contribution < -0.4 is 10.6 Å². The second kappa shape index (κ2) is 6.08. The van der Waals surface area contributed by atoms with E-state index in [9.17, 15) is 9.59 Å². The first-order chi connectivity index (χ1) is 12.1. The highest BCUT2D eigenvalue weighted by Crippen LogP contribution is 2.45. The Bertz CT molecular complexity index is 799. The maximum atomic E-state index is 12.4. The summed E-state index contributed by atoms with van der Waals surface area (Å²) in [5.74, 6) is 0.834. The van der Waals surface area contributed by atoms with E-state index in [2.05, 4.69) is 15.6 Å². The van der Waals surface area contributed by atoms with Crippen LogP contribution in [0.2, 0.25) is 0 Å². The number of hydrogen-bond acceptors (Lipinski definition) is 4. The first-order valence-electron chi connectivity index (χ1n) is 8.20. The average Bonchev–Trinajstić information content (AvgIpc) is 3.05. The fourth-order valence-corrected chi connectivity index (χ4v) is 3.42. The van der Waals surface area contributed by atoms with Crippen molar-refractivity contribution >= 4 is 23.5 Å². The molecule has 1 aromatic heterocycles. The smallest absolute Gasteiger partial charge is 0.407 e. The van der Waals surface area contributed by atoms with Gasteiger partial charge in [-0.3, -0.25) is 4.79 Å². The van der Waals surface area contributed by atoms with Crippen LogP contribution in [0.4, 0.5) is 16.3 Å². The topological polar surface area (TPSA) is 94.6 Å². The van der Waals surface area contributed by atoms with Crippen molar-refractivity contribution in [2.45, 2.75) is 6.04 Å². The van der Waals surface area contributed by atoms with Crippen molar-refractivity contribution < 1.29 is 14.7 Å². The summed E-state index contributed by atoms with van der Waals surface area (Å²) in [7, 11) is 0. The number of aromatic nitrogens is 1. The first kappa shape index (κ1) is 15.4. The van der Waals surface area contributed by atoms with Crippen LogP contribution >= 0.6 is 0 Å². The lowest BCUT2D eigenvalue weighted by Crippen LogP contribution is -2.37. The van der Waals surface area contributed by atoms with Crippen molar-refractivity contribution in [3.05, 3.63) is 54.2 Å².